The molecule has 3 aromatic rings. The second-order valence-electron chi connectivity index (χ2n) is 8.93. The van der Waals surface area contributed by atoms with Gasteiger partial charge in [0.25, 0.3) is 5.91 Å². The van der Waals surface area contributed by atoms with E-state index >= 15 is 0 Å². The maximum absolute atomic E-state index is 12.7. The molecular formula is C29H31N5O4. The van der Waals surface area contributed by atoms with Crippen LogP contribution in [-0.2, 0) is 9.53 Å². The Morgan fingerprint density at radius 3 is 2.66 bits per heavy atom. The lowest BCUT2D eigenvalue weighted by molar-refractivity contribution is -0.121. The van der Waals surface area contributed by atoms with Gasteiger partial charge in [0.1, 0.15) is 17.2 Å². The van der Waals surface area contributed by atoms with E-state index in [1.807, 2.05) is 72.8 Å². The average Bonchev–Trinajstić information content (AvgIpc) is 2.96. The highest BCUT2D eigenvalue weighted by Gasteiger charge is 2.26. The number of para-hydroxylation sites is 1. The number of fused-ring (bicyclic) bond motifs is 1. The first-order valence-electron chi connectivity index (χ1n) is 12.6. The number of hydrogen-bond acceptors (Lipinski definition) is 8. The number of anilines is 2. The van der Waals surface area contributed by atoms with Crippen LogP contribution in [0.15, 0.2) is 84.0 Å². The van der Waals surface area contributed by atoms with E-state index in [4.69, 9.17) is 19.9 Å². The van der Waals surface area contributed by atoms with Crippen LogP contribution in [0.2, 0.25) is 0 Å². The number of carbonyl (C=O) groups excluding carboxylic acids is 1. The molecule has 2 aliphatic rings. The van der Waals surface area contributed by atoms with Crippen molar-refractivity contribution in [3.63, 3.8) is 0 Å². The third kappa shape index (κ3) is 6.50. The zero-order valence-corrected chi connectivity index (χ0v) is 21.1. The van der Waals surface area contributed by atoms with Crippen LogP contribution in [0, 0.1) is 0 Å². The van der Waals surface area contributed by atoms with Gasteiger partial charge in [0.2, 0.25) is 0 Å². The number of morpholine rings is 1. The molecule has 0 atom stereocenters. The van der Waals surface area contributed by atoms with Gasteiger partial charge in [-0.25, -0.2) is 0 Å². The molecule has 0 spiro atoms. The molecule has 196 valence electrons. The van der Waals surface area contributed by atoms with E-state index in [0.29, 0.717) is 23.7 Å². The van der Waals surface area contributed by atoms with Gasteiger partial charge in [0.15, 0.2) is 6.61 Å². The lowest BCUT2D eigenvalue weighted by atomic mass is 10.1. The van der Waals surface area contributed by atoms with Gasteiger partial charge in [-0.05, 0) is 54.1 Å². The Kier molecular flexibility index (Phi) is 8.17. The van der Waals surface area contributed by atoms with Crippen LogP contribution in [0.5, 0.6) is 17.2 Å². The number of hydrogen-bond donors (Lipinski definition) is 2. The second-order valence-corrected chi connectivity index (χ2v) is 8.93. The van der Waals surface area contributed by atoms with Crippen molar-refractivity contribution in [1.29, 1.82) is 0 Å². The van der Waals surface area contributed by atoms with Crippen LogP contribution in [0.4, 0.5) is 11.4 Å². The summed E-state index contributed by atoms with van der Waals surface area (Å²) in [6, 6.07) is 22.8. The monoisotopic (exact) mass is 513 g/mol. The number of hydrazone groups is 1. The summed E-state index contributed by atoms with van der Waals surface area (Å²) < 4.78 is 16.9. The molecule has 3 N–H and O–H groups in total. The zero-order valence-electron chi connectivity index (χ0n) is 21.1. The van der Waals surface area contributed by atoms with Gasteiger partial charge >= 0.3 is 0 Å². The van der Waals surface area contributed by atoms with Gasteiger partial charge in [-0.3, -0.25) is 15.1 Å². The predicted octanol–water partition coefficient (Wildman–Crippen LogP) is 3.93. The number of nitrogens with zero attached hydrogens (tertiary/aromatic N) is 3. The Bertz CT molecular complexity index is 1310. The smallest absolute Gasteiger partial charge is 0.265 e. The fourth-order valence-corrected chi connectivity index (χ4v) is 4.27. The van der Waals surface area contributed by atoms with Crippen molar-refractivity contribution in [1.82, 2.24) is 4.90 Å². The van der Waals surface area contributed by atoms with Gasteiger partial charge in [0.05, 0.1) is 24.6 Å². The Balaban J connectivity index is 1.22. The standard InChI is InChI=1S/C29H31N5O4/c30-26(11-12-31-32-23-5-4-8-25(20-23)38-24-6-2-1-3-7-24)22-9-10-28-27(19-22)34(29(35)21-37-28)14-13-33-15-17-36-18-16-33/h1-12,19-20,32H,13-18,21,30H2. The maximum Gasteiger partial charge on any atom is 0.265 e. The summed E-state index contributed by atoms with van der Waals surface area (Å²) in [6.45, 7) is 4.60. The van der Waals surface area contributed by atoms with Crippen molar-refractivity contribution in [2.45, 2.75) is 0 Å². The first-order chi connectivity index (χ1) is 18.7. The summed E-state index contributed by atoms with van der Waals surface area (Å²) in [7, 11) is 0. The first kappa shape index (κ1) is 25.3. The molecule has 5 rings (SSSR count). The molecule has 2 aliphatic heterocycles. The van der Waals surface area contributed by atoms with E-state index in [9.17, 15) is 4.79 Å². The van der Waals surface area contributed by atoms with E-state index in [1.165, 1.54) is 0 Å². The minimum absolute atomic E-state index is 0.0384. The van der Waals surface area contributed by atoms with E-state index in [1.54, 1.807) is 17.2 Å². The molecule has 0 radical (unpaired) electrons. The first-order valence-corrected chi connectivity index (χ1v) is 12.6. The predicted molar refractivity (Wildman–Crippen MR) is 149 cm³/mol. The molecule has 0 bridgehead atoms. The van der Waals surface area contributed by atoms with Gasteiger partial charge < -0.3 is 24.8 Å². The normalized spacial score (nSPS) is 16.3. The second kappa shape index (κ2) is 12.3. The zero-order chi connectivity index (χ0) is 26.2. The van der Waals surface area contributed by atoms with E-state index in [-0.39, 0.29) is 12.5 Å². The van der Waals surface area contributed by atoms with E-state index in [2.05, 4.69) is 15.4 Å². The van der Waals surface area contributed by atoms with E-state index < -0.39 is 0 Å². The molecule has 1 fully saturated rings. The molecule has 0 saturated carbocycles. The van der Waals surface area contributed by atoms with Gasteiger partial charge in [-0.2, -0.15) is 5.10 Å². The number of rotatable bonds is 9. The minimum atomic E-state index is -0.0605. The Labute approximate surface area is 222 Å². The number of nitrogens with two attached hydrogens (primary N) is 1. The molecule has 0 aliphatic carbocycles. The molecule has 0 unspecified atom stereocenters. The van der Waals surface area contributed by atoms with Crippen LogP contribution in [0.3, 0.4) is 0 Å². The highest BCUT2D eigenvalue weighted by molar-refractivity contribution is 5.98. The van der Waals surface area contributed by atoms with Crippen LogP contribution in [-0.4, -0.2) is 63.0 Å². The Hall–Kier alpha value is -4.34. The van der Waals surface area contributed by atoms with E-state index in [0.717, 1.165) is 55.5 Å². The number of ether oxygens (including phenoxy) is 3. The molecule has 9 heteroatoms. The molecule has 2 heterocycles. The van der Waals surface area contributed by atoms with Crippen molar-refractivity contribution in [3.8, 4) is 17.2 Å². The highest BCUT2D eigenvalue weighted by atomic mass is 16.5. The third-order valence-corrected chi connectivity index (χ3v) is 6.31. The summed E-state index contributed by atoms with van der Waals surface area (Å²) in [6.07, 6.45) is 3.31. The summed E-state index contributed by atoms with van der Waals surface area (Å²) in [4.78, 5) is 16.7. The topological polar surface area (TPSA) is 102 Å². The molecule has 38 heavy (non-hydrogen) atoms. The lowest BCUT2D eigenvalue weighted by Crippen LogP contribution is -2.46. The van der Waals surface area contributed by atoms with Crippen molar-refractivity contribution in [3.05, 3.63) is 84.4 Å². The summed E-state index contributed by atoms with van der Waals surface area (Å²) in [5.74, 6) is 2.09. The third-order valence-electron chi connectivity index (χ3n) is 6.31. The summed E-state index contributed by atoms with van der Waals surface area (Å²) in [5, 5.41) is 4.26. The number of benzene rings is 3. The number of carbonyl (C=O) groups is 1. The SMILES string of the molecule is NC(=CC=NNc1cccc(Oc2ccccc2)c1)c1ccc2c(c1)N(CCN1CCOCC1)C(=O)CO2. The van der Waals surface area contributed by atoms with Gasteiger partial charge in [-0.1, -0.05) is 24.3 Å². The van der Waals surface area contributed by atoms with Crippen LogP contribution in [0.25, 0.3) is 5.70 Å². The van der Waals surface area contributed by atoms with Crippen molar-refractivity contribution >= 4 is 29.2 Å². The van der Waals surface area contributed by atoms with Crippen molar-refractivity contribution in [2.24, 2.45) is 10.8 Å². The number of nitrogens with one attached hydrogen (secondary N) is 1. The average molecular weight is 514 g/mol. The lowest BCUT2D eigenvalue weighted by Gasteiger charge is -2.33. The van der Waals surface area contributed by atoms with Gasteiger partial charge in [-0.15, -0.1) is 0 Å². The molecule has 1 amide bonds. The largest absolute Gasteiger partial charge is 0.482 e. The Morgan fingerprint density at radius 2 is 1.82 bits per heavy atom. The molecular weight excluding hydrogens is 482 g/mol. The van der Waals surface area contributed by atoms with Gasteiger partial charge in [0, 0.05) is 44.2 Å². The number of amides is 1. The fourth-order valence-electron chi connectivity index (χ4n) is 4.27. The fraction of sp³-hybridized carbons (Fsp3) is 0.241. The maximum atomic E-state index is 12.7. The van der Waals surface area contributed by atoms with Crippen molar-refractivity contribution in [2.75, 3.05) is 56.3 Å². The molecule has 1 saturated heterocycles. The van der Waals surface area contributed by atoms with Crippen molar-refractivity contribution < 1.29 is 19.0 Å². The minimum Gasteiger partial charge on any atom is -0.482 e. The molecule has 9 nitrogen and oxygen atoms in total. The molecule has 0 aromatic heterocycles. The summed E-state index contributed by atoms with van der Waals surface area (Å²) in [5.41, 5.74) is 12.1. The van der Waals surface area contributed by atoms with Crippen LogP contribution in [0.1, 0.15) is 5.56 Å². The Morgan fingerprint density at radius 1 is 1.00 bits per heavy atom. The highest BCUT2D eigenvalue weighted by Crippen LogP contribution is 2.34. The summed E-state index contributed by atoms with van der Waals surface area (Å²) >= 11 is 0. The quantitative estimate of drug-likeness (QED) is 0.330. The molecule has 3 aromatic carbocycles. The number of allylic oxidation sites excluding steroid dienone is 1. The van der Waals surface area contributed by atoms with Crippen LogP contribution >= 0.6 is 0 Å². The van der Waals surface area contributed by atoms with Crippen LogP contribution < -0.4 is 25.5 Å².